The van der Waals surface area contributed by atoms with Crippen LogP contribution in [0.5, 0.6) is 0 Å². The second-order valence-corrected chi connectivity index (χ2v) is 9.25. The quantitative estimate of drug-likeness (QED) is 0.236. The third-order valence-electron chi connectivity index (χ3n) is 6.30. The maximum Gasteiger partial charge on any atom is 0.416 e. The lowest BCUT2D eigenvalue weighted by molar-refractivity contribution is -0.143. The van der Waals surface area contributed by atoms with Crippen molar-refractivity contribution in [2.45, 2.75) is 50.4 Å². The van der Waals surface area contributed by atoms with Crippen LogP contribution < -0.4 is 5.32 Å². The molecule has 0 saturated carbocycles. The van der Waals surface area contributed by atoms with E-state index in [2.05, 4.69) is 5.32 Å². The van der Waals surface area contributed by atoms with E-state index in [4.69, 9.17) is 9.47 Å². The second-order valence-electron chi connectivity index (χ2n) is 9.25. The van der Waals surface area contributed by atoms with E-state index in [0.717, 1.165) is 5.56 Å². The first-order valence-corrected chi connectivity index (χ1v) is 12.4. The lowest BCUT2D eigenvalue weighted by Gasteiger charge is -2.36. The van der Waals surface area contributed by atoms with Crippen LogP contribution in [-0.2, 0) is 34.0 Å². The van der Waals surface area contributed by atoms with Crippen LogP contribution in [0.3, 0.4) is 0 Å². The molecule has 2 N–H and O–H groups in total. The molecule has 0 fully saturated rings. The number of hydrogen-bond acceptors (Lipinski definition) is 4. The Balaban J connectivity index is 1.90. The first kappa shape index (κ1) is 31.0. The van der Waals surface area contributed by atoms with Crippen molar-refractivity contribution < 1.29 is 45.7 Å². The molecule has 0 unspecified atom stereocenters. The fraction of sp³-hybridized carbons (Fsp3) is 0.345. The van der Waals surface area contributed by atoms with Gasteiger partial charge in [0.05, 0.1) is 29.4 Å². The van der Waals surface area contributed by atoms with Gasteiger partial charge in [0.25, 0.3) is 0 Å². The number of amides is 1. The van der Waals surface area contributed by atoms with Crippen LogP contribution in [0.1, 0.15) is 53.7 Å². The molecule has 0 bridgehead atoms. The zero-order valence-electron chi connectivity index (χ0n) is 21.6. The van der Waals surface area contributed by atoms with Crippen molar-refractivity contribution in [1.29, 1.82) is 0 Å². The van der Waals surface area contributed by atoms with Gasteiger partial charge in [0.1, 0.15) is 6.61 Å². The Labute approximate surface area is 227 Å². The van der Waals surface area contributed by atoms with Crippen LogP contribution in [0.2, 0.25) is 0 Å². The van der Waals surface area contributed by atoms with E-state index in [1.54, 1.807) is 60.7 Å². The van der Waals surface area contributed by atoms with Gasteiger partial charge in [-0.3, -0.25) is 0 Å². The summed E-state index contributed by atoms with van der Waals surface area (Å²) in [4.78, 5) is 12.9. The Morgan fingerprint density at radius 1 is 0.850 bits per heavy atom. The first-order chi connectivity index (χ1) is 18.8. The van der Waals surface area contributed by atoms with E-state index in [1.807, 2.05) is 0 Å². The molecule has 3 rings (SSSR count). The van der Waals surface area contributed by atoms with Crippen molar-refractivity contribution in [2.75, 3.05) is 13.2 Å². The number of aliphatic hydroxyl groups excluding tert-OH is 1. The molecular formula is C29H29F6NO4. The smallest absolute Gasteiger partial charge is 0.416 e. The normalized spacial score (nSPS) is 14.3. The van der Waals surface area contributed by atoms with E-state index in [1.165, 1.54) is 6.92 Å². The van der Waals surface area contributed by atoms with Crippen molar-refractivity contribution in [1.82, 2.24) is 5.32 Å². The highest BCUT2D eigenvalue weighted by molar-refractivity contribution is 5.69. The van der Waals surface area contributed by atoms with Gasteiger partial charge < -0.3 is 19.9 Å². The molecular weight excluding hydrogens is 540 g/mol. The molecule has 0 spiro atoms. The van der Waals surface area contributed by atoms with Gasteiger partial charge in [-0.05, 0) is 54.7 Å². The molecule has 2 atom stereocenters. The average molecular weight is 570 g/mol. The topological polar surface area (TPSA) is 67.8 Å². The predicted molar refractivity (Wildman–Crippen MR) is 135 cm³/mol. The van der Waals surface area contributed by atoms with Crippen molar-refractivity contribution in [3.63, 3.8) is 0 Å². The SMILES string of the molecule is C[C@@H](OC[C@@](CCCO)(NC(=O)OCc1ccccc1)c1ccccc1)c1cc(C(F)(F)F)cc(C(F)(F)F)c1. The highest BCUT2D eigenvalue weighted by Gasteiger charge is 2.39. The van der Waals surface area contributed by atoms with Gasteiger partial charge in [0, 0.05) is 6.61 Å². The molecule has 0 aliphatic carbocycles. The third-order valence-corrected chi connectivity index (χ3v) is 6.30. The average Bonchev–Trinajstić information content (AvgIpc) is 2.93. The minimum absolute atomic E-state index is 0.0424. The summed E-state index contributed by atoms with van der Waals surface area (Å²) in [6, 6.07) is 18.7. The van der Waals surface area contributed by atoms with E-state index in [-0.39, 0.29) is 44.3 Å². The second kappa shape index (κ2) is 13.2. The summed E-state index contributed by atoms with van der Waals surface area (Å²) in [5, 5.41) is 12.3. The highest BCUT2D eigenvalue weighted by atomic mass is 19.4. The maximum absolute atomic E-state index is 13.4. The number of hydrogen-bond donors (Lipinski definition) is 2. The first-order valence-electron chi connectivity index (χ1n) is 12.4. The molecule has 1 amide bonds. The monoisotopic (exact) mass is 569 g/mol. The highest BCUT2D eigenvalue weighted by Crippen LogP contribution is 2.38. The maximum atomic E-state index is 13.4. The standard InChI is InChI=1S/C29H29F6NO4/c1-20(22-15-24(28(30,31)32)17-25(16-22)29(33,34)35)40-19-27(13-8-14-37,23-11-6-3-7-12-23)36-26(38)39-18-21-9-4-2-5-10-21/h2-7,9-12,15-17,20,37H,8,13-14,18-19H2,1H3,(H,36,38)/t20-,27-/m1/s1. The minimum atomic E-state index is -5.01. The van der Waals surface area contributed by atoms with Gasteiger partial charge in [-0.15, -0.1) is 0 Å². The number of halogens is 6. The Hall–Kier alpha value is -3.57. The number of benzene rings is 3. The molecule has 216 valence electrons. The number of carbonyl (C=O) groups is 1. The third kappa shape index (κ3) is 8.46. The zero-order chi connectivity index (χ0) is 29.4. The molecule has 0 saturated heterocycles. The van der Waals surface area contributed by atoms with Crippen LogP contribution in [0.15, 0.2) is 78.9 Å². The van der Waals surface area contributed by atoms with Gasteiger partial charge in [-0.1, -0.05) is 60.7 Å². The summed E-state index contributed by atoms with van der Waals surface area (Å²) in [6.45, 7) is 0.702. The fourth-order valence-electron chi connectivity index (χ4n) is 4.14. The summed E-state index contributed by atoms with van der Waals surface area (Å²) >= 11 is 0. The number of carbonyl (C=O) groups excluding carboxylic acids is 1. The van der Waals surface area contributed by atoms with E-state index < -0.39 is 41.2 Å². The molecule has 0 aliphatic rings. The largest absolute Gasteiger partial charge is 0.445 e. The van der Waals surface area contributed by atoms with Gasteiger partial charge in [0.2, 0.25) is 0 Å². The summed E-state index contributed by atoms with van der Waals surface area (Å²) in [6.07, 6.45) is -11.7. The van der Waals surface area contributed by atoms with Crippen molar-refractivity contribution in [3.05, 3.63) is 107 Å². The summed E-state index contributed by atoms with van der Waals surface area (Å²) < 4.78 is 91.5. The Kier molecular flexibility index (Phi) is 10.2. The van der Waals surface area contributed by atoms with Crippen molar-refractivity contribution >= 4 is 6.09 Å². The van der Waals surface area contributed by atoms with Gasteiger partial charge in [-0.2, -0.15) is 26.3 Å². The number of alkyl halides is 6. The van der Waals surface area contributed by atoms with E-state index in [9.17, 15) is 36.2 Å². The Morgan fingerprint density at radius 2 is 1.40 bits per heavy atom. The number of ether oxygens (including phenoxy) is 2. The molecule has 40 heavy (non-hydrogen) atoms. The van der Waals surface area contributed by atoms with Crippen LogP contribution in [0, 0.1) is 0 Å². The Morgan fingerprint density at radius 3 is 1.93 bits per heavy atom. The fourth-order valence-corrected chi connectivity index (χ4v) is 4.14. The van der Waals surface area contributed by atoms with Crippen LogP contribution in [-0.4, -0.2) is 24.4 Å². The molecule has 0 aromatic heterocycles. The van der Waals surface area contributed by atoms with E-state index >= 15 is 0 Å². The zero-order valence-corrected chi connectivity index (χ0v) is 21.6. The lowest BCUT2D eigenvalue weighted by Crippen LogP contribution is -2.50. The molecule has 0 heterocycles. The summed E-state index contributed by atoms with van der Waals surface area (Å²) in [7, 11) is 0. The molecule has 11 heteroatoms. The van der Waals surface area contributed by atoms with Crippen molar-refractivity contribution in [3.8, 4) is 0 Å². The molecule has 0 aliphatic heterocycles. The lowest BCUT2D eigenvalue weighted by atomic mass is 9.86. The Bertz CT molecular complexity index is 1200. The molecule has 0 radical (unpaired) electrons. The number of nitrogens with one attached hydrogen (secondary N) is 1. The predicted octanol–water partition coefficient (Wildman–Crippen LogP) is 7.40. The van der Waals surface area contributed by atoms with Crippen molar-refractivity contribution in [2.24, 2.45) is 0 Å². The number of aliphatic hydroxyl groups is 1. The minimum Gasteiger partial charge on any atom is -0.445 e. The van der Waals surface area contributed by atoms with Crippen LogP contribution in [0.25, 0.3) is 0 Å². The van der Waals surface area contributed by atoms with Gasteiger partial charge in [-0.25, -0.2) is 4.79 Å². The van der Waals surface area contributed by atoms with E-state index in [0.29, 0.717) is 17.7 Å². The molecule has 5 nitrogen and oxygen atoms in total. The van der Waals surface area contributed by atoms with Crippen LogP contribution >= 0.6 is 0 Å². The van der Waals surface area contributed by atoms with Crippen LogP contribution in [0.4, 0.5) is 31.1 Å². The molecule has 3 aromatic carbocycles. The summed E-state index contributed by atoms with van der Waals surface area (Å²) in [5.41, 5.74) is -3.28. The molecule has 3 aromatic rings. The van der Waals surface area contributed by atoms with Gasteiger partial charge >= 0.3 is 18.4 Å². The number of alkyl carbamates (subject to hydrolysis) is 1. The summed E-state index contributed by atoms with van der Waals surface area (Å²) in [5.74, 6) is 0. The van der Waals surface area contributed by atoms with Gasteiger partial charge in [0.15, 0.2) is 0 Å². The number of rotatable bonds is 11.